The van der Waals surface area contributed by atoms with E-state index in [1.165, 1.54) is 76.2 Å². The number of benzene rings is 1. The number of nitrogens with zero attached hydrogens (tertiary/aromatic N) is 1. The van der Waals surface area contributed by atoms with Crippen molar-refractivity contribution < 1.29 is 26.4 Å². The second kappa shape index (κ2) is 22.0. The summed E-state index contributed by atoms with van der Waals surface area (Å²) in [5.41, 5.74) is 1.28. The normalized spacial score (nSPS) is 10.3. The van der Waals surface area contributed by atoms with Crippen molar-refractivity contribution in [2.24, 2.45) is 0 Å². The molecule has 0 atom stereocenters. The van der Waals surface area contributed by atoms with Gasteiger partial charge in [-0.2, -0.15) is 0 Å². The van der Waals surface area contributed by atoms with E-state index in [0.29, 0.717) is 17.9 Å². The van der Waals surface area contributed by atoms with Crippen LogP contribution >= 0.6 is 0 Å². The third-order valence-electron chi connectivity index (χ3n) is 5.87. The smallest absolute Gasteiger partial charge is 0.237 e. The fourth-order valence-electron chi connectivity index (χ4n) is 4.08. The quantitative estimate of drug-likeness (QED) is 0.126. The van der Waals surface area contributed by atoms with Crippen molar-refractivity contribution in [1.29, 1.82) is 0 Å². The molecule has 0 unspecified atom stereocenters. The first-order chi connectivity index (χ1) is 15.8. The topological polar surface area (TPSA) is 18.5 Å². The SMILES string of the molecule is CC#COC[N+](CCCCCCCCCCCCCC)(COC#CC)Cc1ccccc1.[Cl-]. The summed E-state index contributed by atoms with van der Waals surface area (Å²) >= 11 is 0. The summed E-state index contributed by atoms with van der Waals surface area (Å²) in [5, 5.41) is 0. The highest BCUT2D eigenvalue weighted by Crippen LogP contribution is 2.19. The molecule has 0 N–H and O–H groups in total. The van der Waals surface area contributed by atoms with Crippen LogP contribution in [0.3, 0.4) is 0 Å². The van der Waals surface area contributed by atoms with Gasteiger partial charge in [-0.1, -0.05) is 113 Å². The largest absolute Gasteiger partial charge is 1.00 e. The van der Waals surface area contributed by atoms with Gasteiger partial charge in [0.2, 0.25) is 13.5 Å². The zero-order valence-electron chi connectivity index (χ0n) is 21.3. The summed E-state index contributed by atoms with van der Waals surface area (Å²) in [5.74, 6) is 5.67. The molecule has 0 spiro atoms. The Balaban J connectivity index is 0.0000102. The lowest BCUT2D eigenvalue weighted by Crippen LogP contribution is -3.00. The molecule has 4 heteroatoms. The number of hydrogen-bond donors (Lipinski definition) is 0. The first kappa shape index (κ1) is 31.2. The van der Waals surface area contributed by atoms with Crippen LogP contribution < -0.4 is 12.4 Å². The highest BCUT2D eigenvalue weighted by molar-refractivity contribution is 5.13. The fourth-order valence-corrected chi connectivity index (χ4v) is 4.08. The number of hydrogen-bond acceptors (Lipinski definition) is 2. The van der Waals surface area contributed by atoms with Gasteiger partial charge in [0.05, 0.1) is 6.54 Å². The summed E-state index contributed by atoms with van der Waals surface area (Å²) in [6.45, 7) is 8.77. The average molecular weight is 476 g/mol. The molecule has 0 bridgehead atoms. The Morgan fingerprint density at radius 3 is 1.58 bits per heavy atom. The number of ether oxygens (including phenoxy) is 2. The average Bonchev–Trinajstić information content (AvgIpc) is 2.81. The lowest BCUT2D eigenvalue weighted by atomic mass is 10.0. The van der Waals surface area contributed by atoms with E-state index in [-0.39, 0.29) is 12.4 Å². The van der Waals surface area contributed by atoms with Crippen LogP contribution in [0.4, 0.5) is 0 Å². The van der Waals surface area contributed by atoms with Gasteiger partial charge < -0.3 is 21.9 Å². The van der Waals surface area contributed by atoms with Crippen molar-refractivity contribution in [2.75, 3.05) is 20.0 Å². The van der Waals surface area contributed by atoms with Crippen LogP contribution in [-0.4, -0.2) is 24.5 Å². The van der Waals surface area contributed by atoms with E-state index in [9.17, 15) is 0 Å². The van der Waals surface area contributed by atoms with Crippen LogP contribution in [0.1, 0.15) is 103 Å². The van der Waals surface area contributed by atoms with Crippen LogP contribution in [0.2, 0.25) is 0 Å². The molecule has 0 radical (unpaired) electrons. The molecule has 0 aromatic heterocycles. The molecular weight excluding hydrogens is 430 g/mol. The summed E-state index contributed by atoms with van der Waals surface area (Å²) in [4.78, 5) is 0. The van der Waals surface area contributed by atoms with E-state index in [1.54, 1.807) is 13.8 Å². The van der Waals surface area contributed by atoms with Gasteiger partial charge in [-0.05, 0) is 12.8 Å². The molecule has 1 aromatic carbocycles. The summed E-state index contributed by atoms with van der Waals surface area (Å²) in [6, 6.07) is 10.6. The standard InChI is InChI=1S/C29H46NO2.ClH/c1-4-7-8-9-10-11-12-13-14-15-16-20-23-30(27-31-24-5-2,28-32-25-6-3)26-29-21-18-17-19-22-29;/h17-19,21-22H,4,7-16,20,23,26-28H2,1-3H3;1H/q+1;/p-1. The van der Waals surface area contributed by atoms with Crippen LogP contribution in [0.25, 0.3) is 0 Å². The predicted octanol–water partition coefficient (Wildman–Crippen LogP) is 4.62. The zero-order valence-corrected chi connectivity index (χ0v) is 22.1. The number of unbranched alkanes of at least 4 members (excludes halogenated alkanes) is 11. The summed E-state index contributed by atoms with van der Waals surface area (Å²) in [6.07, 6.45) is 21.8. The van der Waals surface area contributed by atoms with Crippen LogP contribution in [0.5, 0.6) is 0 Å². The van der Waals surface area contributed by atoms with E-state index in [2.05, 4.69) is 61.3 Å². The van der Waals surface area contributed by atoms with Gasteiger partial charge in [-0.25, -0.2) is 0 Å². The molecule has 0 aliphatic carbocycles. The van der Waals surface area contributed by atoms with Crippen LogP contribution in [0, 0.1) is 24.1 Å². The van der Waals surface area contributed by atoms with Gasteiger partial charge in [0.15, 0.2) is 0 Å². The third-order valence-corrected chi connectivity index (χ3v) is 5.87. The van der Waals surface area contributed by atoms with Gasteiger partial charge in [0.25, 0.3) is 0 Å². The van der Waals surface area contributed by atoms with Crippen molar-refractivity contribution in [3.05, 3.63) is 35.9 Å². The van der Waals surface area contributed by atoms with E-state index in [4.69, 9.17) is 9.47 Å². The third kappa shape index (κ3) is 16.4. The van der Waals surface area contributed by atoms with Crippen molar-refractivity contribution in [2.45, 2.75) is 104 Å². The number of rotatable bonds is 19. The van der Waals surface area contributed by atoms with Crippen molar-refractivity contribution >= 4 is 0 Å². The first-order valence-corrected chi connectivity index (χ1v) is 12.7. The summed E-state index contributed by atoms with van der Waals surface area (Å²) < 4.78 is 12.1. The molecule has 0 saturated heterocycles. The highest BCUT2D eigenvalue weighted by Gasteiger charge is 2.29. The lowest BCUT2D eigenvalue weighted by molar-refractivity contribution is -0.971. The van der Waals surface area contributed by atoms with Gasteiger partial charge in [-0.3, -0.25) is 4.48 Å². The van der Waals surface area contributed by atoms with Gasteiger partial charge in [0, 0.05) is 19.4 Å². The van der Waals surface area contributed by atoms with E-state index >= 15 is 0 Å². The Kier molecular flexibility index (Phi) is 20.8. The van der Waals surface area contributed by atoms with Crippen molar-refractivity contribution in [1.82, 2.24) is 0 Å². The Morgan fingerprint density at radius 2 is 1.12 bits per heavy atom. The Morgan fingerprint density at radius 1 is 0.667 bits per heavy atom. The first-order valence-electron chi connectivity index (χ1n) is 12.7. The Hall–Kier alpha value is -1.81. The molecule has 0 saturated carbocycles. The zero-order chi connectivity index (χ0) is 23.2. The highest BCUT2D eigenvalue weighted by atomic mass is 35.5. The summed E-state index contributed by atoms with van der Waals surface area (Å²) in [7, 11) is 0. The molecule has 1 aromatic rings. The Labute approximate surface area is 210 Å². The van der Waals surface area contributed by atoms with Crippen molar-refractivity contribution in [3.63, 3.8) is 0 Å². The molecule has 33 heavy (non-hydrogen) atoms. The van der Waals surface area contributed by atoms with Gasteiger partial charge in [-0.15, -0.1) is 0 Å². The van der Waals surface area contributed by atoms with E-state index < -0.39 is 0 Å². The van der Waals surface area contributed by atoms with E-state index in [0.717, 1.165) is 19.5 Å². The van der Waals surface area contributed by atoms with Gasteiger partial charge >= 0.3 is 0 Å². The molecule has 0 fully saturated rings. The van der Waals surface area contributed by atoms with Crippen LogP contribution in [0.15, 0.2) is 30.3 Å². The molecule has 0 amide bonds. The minimum Gasteiger partial charge on any atom is -1.00 e. The minimum atomic E-state index is 0. The maximum atomic E-state index is 5.69. The number of quaternary nitrogens is 1. The van der Waals surface area contributed by atoms with Crippen molar-refractivity contribution in [3.8, 4) is 24.1 Å². The predicted molar refractivity (Wildman–Crippen MR) is 135 cm³/mol. The second-order valence-corrected chi connectivity index (χ2v) is 8.85. The van der Waals surface area contributed by atoms with E-state index in [1.807, 2.05) is 0 Å². The molecule has 0 heterocycles. The van der Waals surface area contributed by atoms with Crippen LogP contribution in [-0.2, 0) is 16.0 Å². The molecular formula is C29H46ClNO2. The second-order valence-electron chi connectivity index (χ2n) is 8.85. The lowest BCUT2D eigenvalue weighted by Gasteiger charge is -2.35. The Bertz CT molecular complexity index is 660. The molecule has 1 rings (SSSR count). The maximum Gasteiger partial charge on any atom is 0.237 e. The minimum absolute atomic E-state index is 0. The maximum absolute atomic E-state index is 5.69. The molecule has 3 nitrogen and oxygen atoms in total. The molecule has 186 valence electrons. The number of halogens is 1. The fraction of sp³-hybridized carbons (Fsp3) is 0.655. The molecule has 0 aliphatic heterocycles. The monoisotopic (exact) mass is 475 g/mol. The molecule has 0 aliphatic rings. The van der Waals surface area contributed by atoms with Gasteiger partial charge in [0.1, 0.15) is 18.8 Å².